The Bertz CT molecular complexity index is 1040. The number of pyridine rings is 1. The van der Waals surface area contributed by atoms with Crippen LogP contribution >= 0.6 is 11.6 Å². The minimum absolute atomic E-state index is 0.0419. The van der Waals surface area contributed by atoms with Gasteiger partial charge in [0.2, 0.25) is 0 Å². The number of carbonyl (C=O) groups excluding carboxylic acids is 2. The number of amides is 2. The molecule has 180 valence electrons. The van der Waals surface area contributed by atoms with Gasteiger partial charge in [-0.2, -0.15) is 0 Å². The van der Waals surface area contributed by atoms with Crippen molar-refractivity contribution in [2.45, 2.75) is 70.3 Å². The van der Waals surface area contributed by atoms with Crippen LogP contribution < -0.4 is 0 Å². The van der Waals surface area contributed by atoms with Gasteiger partial charge in [0, 0.05) is 47.9 Å². The van der Waals surface area contributed by atoms with E-state index in [1.165, 1.54) is 25.7 Å². The molecule has 5 nitrogen and oxygen atoms in total. The van der Waals surface area contributed by atoms with E-state index in [0.717, 1.165) is 49.2 Å². The number of benzene rings is 1. The first kappa shape index (κ1) is 23.3. The van der Waals surface area contributed by atoms with E-state index < -0.39 is 0 Å². The second kappa shape index (κ2) is 10.1. The first-order valence-corrected chi connectivity index (χ1v) is 13.2. The monoisotopic (exact) mass is 479 g/mol. The highest BCUT2D eigenvalue weighted by atomic mass is 35.5. The topological polar surface area (TPSA) is 53.5 Å². The van der Waals surface area contributed by atoms with Crippen molar-refractivity contribution in [2.75, 3.05) is 19.6 Å². The molecule has 6 heteroatoms. The lowest BCUT2D eigenvalue weighted by atomic mass is 9.78. The van der Waals surface area contributed by atoms with E-state index in [9.17, 15) is 9.59 Å². The summed E-state index contributed by atoms with van der Waals surface area (Å²) in [6, 6.07) is 11.4. The van der Waals surface area contributed by atoms with Gasteiger partial charge in [0.1, 0.15) is 0 Å². The summed E-state index contributed by atoms with van der Waals surface area (Å²) in [4.78, 5) is 35.7. The summed E-state index contributed by atoms with van der Waals surface area (Å²) in [5.41, 5.74) is 3.32. The van der Waals surface area contributed by atoms with E-state index in [-0.39, 0.29) is 17.7 Å². The largest absolute Gasteiger partial charge is 0.339 e. The average molecular weight is 480 g/mol. The second-order valence-corrected chi connectivity index (χ2v) is 10.6. The average Bonchev–Trinajstić information content (AvgIpc) is 2.88. The Morgan fingerprint density at radius 1 is 0.853 bits per heavy atom. The van der Waals surface area contributed by atoms with Crippen LogP contribution in [0.2, 0.25) is 5.02 Å². The molecule has 3 aliphatic rings. The molecule has 0 bridgehead atoms. The normalized spacial score (nSPS) is 23.5. The summed E-state index contributed by atoms with van der Waals surface area (Å²) < 4.78 is 0. The molecule has 34 heavy (non-hydrogen) atoms. The van der Waals surface area contributed by atoms with Gasteiger partial charge in [0.25, 0.3) is 11.8 Å². The van der Waals surface area contributed by atoms with Gasteiger partial charge in [-0.05, 0) is 87.8 Å². The molecular formula is C28H34ClN3O2. The lowest BCUT2D eigenvalue weighted by molar-refractivity contribution is 0.0387. The number of aromatic nitrogens is 1. The van der Waals surface area contributed by atoms with Gasteiger partial charge < -0.3 is 9.80 Å². The summed E-state index contributed by atoms with van der Waals surface area (Å²) in [5.74, 6) is 1.06. The SMILES string of the molecule is Cc1ccc(C(=O)N2CCC[C@H]3CCCC[C@H]32)c(C2CCN(C(=O)c3ccc(Cl)cc3)CC2)n1. The van der Waals surface area contributed by atoms with Gasteiger partial charge >= 0.3 is 0 Å². The molecule has 2 atom stereocenters. The van der Waals surface area contributed by atoms with Gasteiger partial charge in [-0.3, -0.25) is 14.6 Å². The fourth-order valence-corrected chi connectivity index (χ4v) is 6.36. The van der Waals surface area contributed by atoms with E-state index in [2.05, 4.69) is 4.90 Å². The van der Waals surface area contributed by atoms with Gasteiger partial charge in [-0.15, -0.1) is 0 Å². The number of rotatable bonds is 3. The third-order valence-corrected chi connectivity index (χ3v) is 8.31. The highest BCUT2D eigenvalue weighted by Crippen LogP contribution is 2.37. The number of aryl methyl sites for hydroxylation is 1. The second-order valence-electron chi connectivity index (χ2n) is 10.2. The van der Waals surface area contributed by atoms with Crippen molar-refractivity contribution in [1.29, 1.82) is 0 Å². The maximum atomic E-state index is 13.8. The summed E-state index contributed by atoms with van der Waals surface area (Å²) >= 11 is 5.97. The third kappa shape index (κ3) is 4.72. The standard InChI is InChI=1S/C28H34ClN3O2/c1-19-8-13-24(28(34)32-16-4-6-20-5-2-3-7-25(20)32)26(30-19)21-14-17-31(18-15-21)27(33)22-9-11-23(29)12-10-22/h8-13,20-21,25H,2-7,14-18H2,1H3/t20-,25-/m1/s1. The molecule has 0 radical (unpaired) electrons. The van der Waals surface area contributed by atoms with E-state index >= 15 is 0 Å². The fraction of sp³-hybridized carbons (Fsp3) is 0.536. The fourth-order valence-electron chi connectivity index (χ4n) is 6.23. The van der Waals surface area contributed by atoms with Crippen molar-refractivity contribution in [3.8, 4) is 0 Å². The number of nitrogens with zero attached hydrogens (tertiary/aromatic N) is 3. The van der Waals surface area contributed by atoms with Gasteiger partial charge in [0.05, 0.1) is 11.3 Å². The Morgan fingerprint density at radius 3 is 2.32 bits per heavy atom. The molecule has 3 fully saturated rings. The Balaban J connectivity index is 1.32. The third-order valence-electron chi connectivity index (χ3n) is 8.06. The predicted octanol–water partition coefficient (Wildman–Crippen LogP) is 5.86. The molecule has 5 rings (SSSR count). The summed E-state index contributed by atoms with van der Waals surface area (Å²) in [5, 5.41) is 0.631. The number of likely N-dealkylation sites (tertiary alicyclic amines) is 2. The van der Waals surface area contributed by atoms with Gasteiger partial charge in [-0.25, -0.2) is 0 Å². The summed E-state index contributed by atoms with van der Waals surface area (Å²) in [7, 11) is 0. The van der Waals surface area contributed by atoms with Crippen LogP contribution in [0.15, 0.2) is 36.4 Å². The van der Waals surface area contributed by atoms with Crippen LogP contribution in [0.1, 0.15) is 89.4 Å². The van der Waals surface area contributed by atoms with Crippen LogP contribution in [0.5, 0.6) is 0 Å². The van der Waals surface area contributed by atoms with Crippen LogP contribution in [-0.4, -0.2) is 52.3 Å². The highest BCUT2D eigenvalue weighted by Gasteiger charge is 2.37. The Kier molecular flexibility index (Phi) is 6.91. The maximum Gasteiger partial charge on any atom is 0.255 e. The van der Waals surface area contributed by atoms with Crippen molar-refractivity contribution in [1.82, 2.24) is 14.8 Å². The minimum Gasteiger partial charge on any atom is -0.339 e. The zero-order valence-corrected chi connectivity index (χ0v) is 20.8. The van der Waals surface area contributed by atoms with Crippen LogP contribution in [0.4, 0.5) is 0 Å². The van der Waals surface area contributed by atoms with Crippen molar-refractivity contribution in [3.63, 3.8) is 0 Å². The number of hydrogen-bond acceptors (Lipinski definition) is 3. The molecule has 1 aliphatic carbocycles. The first-order chi connectivity index (χ1) is 16.5. The minimum atomic E-state index is 0.0419. The Morgan fingerprint density at radius 2 is 1.56 bits per heavy atom. The zero-order valence-electron chi connectivity index (χ0n) is 20.0. The molecule has 0 unspecified atom stereocenters. The maximum absolute atomic E-state index is 13.8. The van der Waals surface area contributed by atoms with Crippen LogP contribution in [0, 0.1) is 12.8 Å². The van der Waals surface area contributed by atoms with Crippen LogP contribution in [0.25, 0.3) is 0 Å². The molecule has 0 N–H and O–H groups in total. The summed E-state index contributed by atoms with van der Waals surface area (Å²) in [6.45, 7) is 4.20. The Labute approximate surface area is 207 Å². The molecule has 2 aliphatic heterocycles. The lowest BCUT2D eigenvalue weighted by Gasteiger charge is -2.44. The summed E-state index contributed by atoms with van der Waals surface area (Å²) in [6.07, 6.45) is 8.92. The Hall–Kier alpha value is -2.40. The van der Waals surface area contributed by atoms with Crippen molar-refractivity contribution in [3.05, 3.63) is 63.9 Å². The highest BCUT2D eigenvalue weighted by molar-refractivity contribution is 6.30. The molecule has 1 saturated carbocycles. The quantitative estimate of drug-likeness (QED) is 0.554. The van der Waals surface area contributed by atoms with E-state index in [0.29, 0.717) is 35.6 Å². The number of halogens is 1. The van der Waals surface area contributed by atoms with E-state index in [1.54, 1.807) is 24.3 Å². The lowest BCUT2D eigenvalue weighted by Crippen LogP contribution is -2.50. The van der Waals surface area contributed by atoms with Gasteiger partial charge in [0.15, 0.2) is 0 Å². The molecule has 3 heterocycles. The molecule has 2 saturated heterocycles. The smallest absolute Gasteiger partial charge is 0.255 e. The number of hydrogen-bond donors (Lipinski definition) is 0. The molecule has 0 spiro atoms. The van der Waals surface area contributed by atoms with Gasteiger partial charge in [-0.1, -0.05) is 24.4 Å². The van der Waals surface area contributed by atoms with Crippen molar-refractivity contribution in [2.24, 2.45) is 5.92 Å². The predicted molar refractivity (Wildman–Crippen MR) is 134 cm³/mol. The molecule has 2 aromatic rings. The number of piperidine rings is 2. The number of carbonyl (C=O) groups is 2. The molecule has 2 amide bonds. The van der Waals surface area contributed by atoms with Crippen LogP contribution in [-0.2, 0) is 0 Å². The first-order valence-electron chi connectivity index (χ1n) is 12.8. The number of fused-ring (bicyclic) bond motifs is 1. The molecule has 1 aromatic carbocycles. The molecular weight excluding hydrogens is 446 g/mol. The van der Waals surface area contributed by atoms with Crippen molar-refractivity contribution >= 4 is 23.4 Å². The molecule has 1 aromatic heterocycles. The van der Waals surface area contributed by atoms with E-state index in [4.69, 9.17) is 16.6 Å². The zero-order chi connectivity index (χ0) is 23.7. The van der Waals surface area contributed by atoms with E-state index in [1.807, 2.05) is 24.0 Å². The van der Waals surface area contributed by atoms with Crippen LogP contribution in [0.3, 0.4) is 0 Å². The van der Waals surface area contributed by atoms with Crippen molar-refractivity contribution < 1.29 is 9.59 Å².